The Labute approximate surface area is 140 Å². The van der Waals surface area contributed by atoms with Gasteiger partial charge in [0.05, 0.1) is 0 Å². The summed E-state index contributed by atoms with van der Waals surface area (Å²) in [5.41, 5.74) is 0. The molecule has 2 aliphatic carbocycles. The topological polar surface area (TPSA) is 45.7 Å². The number of guanidine groups is 1. The molecular weight excluding hydrogens is 365 g/mol. The van der Waals surface area contributed by atoms with Crippen molar-refractivity contribution in [2.75, 3.05) is 26.3 Å². The van der Waals surface area contributed by atoms with E-state index < -0.39 is 0 Å². The van der Waals surface area contributed by atoms with Crippen LogP contribution in [0.15, 0.2) is 4.99 Å². The van der Waals surface area contributed by atoms with E-state index >= 15 is 0 Å². The van der Waals surface area contributed by atoms with Gasteiger partial charge in [0, 0.05) is 32.3 Å². The van der Waals surface area contributed by atoms with Crippen LogP contribution in [0, 0.1) is 5.92 Å². The molecule has 20 heavy (non-hydrogen) atoms. The normalized spacial score (nSPS) is 19.8. The molecule has 2 saturated carbocycles. The third kappa shape index (κ3) is 7.67. The number of aliphatic imine (C=N–C) groups is 1. The minimum absolute atomic E-state index is 0. The Kier molecular flexibility index (Phi) is 9.59. The second-order valence-electron chi connectivity index (χ2n) is 5.76. The second-order valence-corrected chi connectivity index (χ2v) is 5.76. The molecule has 0 radical (unpaired) electrons. The number of halogens is 1. The average Bonchev–Trinajstić information content (AvgIpc) is 3.09. The van der Waals surface area contributed by atoms with E-state index in [-0.39, 0.29) is 24.0 Å². The summed E-state index contributed by atoms with van der Waals surface area (Å²) in [6, 6.07) is 0.629. The zero-order chi connectivity index (χ0) is 13.3. The molecule has 0 saturated heterocycles. The quantitative estimate of drug-likeness (QED) is 0.288. The summed E-state index contributed by atoms with van der Waals surface area (Å²) in [6.45, 7) is 5.71. The summed E-state index contributed by atoms with van der Waals surface area (Å²) in [5.74, 6) is 1.85. The van der Waals surface area contributed by atoms with Crippen LogP contribution in [0.4, 0.5) is 0 Å². The van der Waals surface area contributed by atoms with Gasteiger partial charge in [-0.1, -0.05) is 12.8 Å². The maximum atomic E-state index is 5.62. The van der Waals surface area contributed by atoms with E-state index in [2.05, 4.69) is 22.5 Å². The van der Waals surface area contributed by atoms with Crippen LogP contribution in [-0.4, -0.2) is 38.3 Å². The van der Waals surface area contributed by atoms with Crippen molar-refractivity contribution in [1.29, 1.82) is 0 Å². The predicted molar refractivity (Wildman–Crippen MR) is 94.9 cm³/mol. The van der Waals surface area contributed by atoms with Crippen molar-refractivity contribution < 1.29 is 4.74 Å². The highest BCUT2D eigenvalue weighted by Gasteiger charge is 2.20. The van der Waals surface area contributed by atoms with Crippen LogP contribution >= 0.6 is 24.0 Å². The first kappa shape index (κ1) is 18.0. The molecule has 0 aromatic rings. The zero-order valence-electron chi connectivity index (χ0n) is 12.7. The maximum Gasteiger partial charge on any atom is 0.191 e. The lowest BCUT2D eigenvalue weighted by Gasteiger charge is -2.16. The van der Waals surface area contributed by atoms with Gasteiger partial charge >= 0.3 is 0 Å². The van der Waals surface area contributed by atoms with Crippen LogP contribution in [0.3, 0.4) is 0 Å². The first-order valence-electron chi connectivity index (χ1n) is 8.01. The Morgan fingerprint density at radius 3 is 2.60 bits per heavy atom. The zero-order valence-corrected chi connectivity index (χ0v) is 15.0. The highest BCUT2D eigenvalue weighted by Crippen LogP contribution is 2.28. The van der Waals surface area contributed by atoms with E-state index in [4.69, 9.17) is 4.74 Å². The van der Waals surface area contributed by atoms with Crippen LogP contribution in [0.1, 0.15) is 51.9 Å². The number of nitrogens with one attached hydrogen (secondary N) is 2. The molecular formula is C15H30IN3O. The summed E-state index contributed by atoms with van der Waals surface area (Å²) in [7, 11) is 0. The van der Waals surface area contributed by atoms with Gasteiger partial charge < -0.3 is 15.4 Å². The van der Waals surface area contributed by atoms with E-state index in [0.29, 0.717) is 6.04 Å². The molecule has 2 N–H and O–H groups in total. The van der Waals surface area contributed by atoms with Gasteiger partial charge in [0.1, 0.15) is 0 Å². The minimum Gasteiger partial charge on any atom is -0.381 e. The van der Waals surface area contributed by atoms with Crippen LogP contribution in [0.25, 0.3) is 0 Å². The average molecular weight is 395 g/mol. The highest BCUT2D eigenvalue weighted by atomic mass is 127. The molecule has 5 heteroatoms. The maximum absolute atomic E-state index is 5.62. The Morgan fingerprint density at radius 1 is 1.20 bits per heavy atom. The van der Waals surface area contributed by atoms with Gasteiger partial charge in [-0.3, -0.25) is 4.99 Å². The SMILES string of the molecule is CCNC(=NCCCOCC1CC1)NC1CCCC1.I. The van der Waals surface area contributed by atoms with Crippen molar-refractivity contribution >= 4 is 29.9 Å². The lowest BCUT2D eigenvalue weighted by atomic mass is 10.2. The molecule has 0 atom stereocenters. The van der Waals surface area contributed by atoms with Gasteiger partial charge in [0.25, 0.3) is 0 Å². The van der Waals surface area contributed by atoms with Crippen LogP contribution in [0.5, 0.6) is 0 Å². The van der Waals surface area contributed by atoms with Gasteiger partial charge in [-0.15, -0.1) is 24.0 Å². The van der Waals surface area contributed by atoms with Crippen LogP contribution in [-0.2, 0) is 4.74 Å². The molecule has 0 aliphatic heterocycles. The van der Waals surface area contributed by atoms with Crippen molar-refractivity contribution in [3.8, 4) is 0 Å². The Hall–Kier alpha value is -0.0400. The molecule has 0 spiro atoms. The Balaban J connectivity index is 0.00000200. The summed E-state index contributed by atoms with van der Waals surface area (Å²) in [6.07, 6.45) is 9.04. The molecule has 0 bridgehead atoms. The van der Waals surface area contributed by atoms with Crippen molar-refractivity contribution in [1.82, 2.24) is 10.6 Å². The monoisotopic (exact) mass is 395 g/mol. The molecule has 0 unspecified atom stereocenters. The molecule has 0 heterocycles. The van der Waals surface area contributed by atoms with Crippen LogP contribution < -0.4 is 10.6 Å². The molecule has 2 rings (SSSR count). The minimum atomic E-state index is 0. The van der Waals surface area contributed by atoms with Gasteiger partial charge in [0.2, 0.25) is 0 Å². The van der Waals surface area contributed by atoms with Crippen molar-refractivity contribution in [3.63, 3.8) is 0 Å². The number of hydrogen-bond acceptors (Lipinski definition) is 2. The van der Waals surface area contributed by atoms with E-state index in [9.17, 15) is 0 Å². The number of hydrogen-bond donors (Lipinski definition) is 2. The van der Waals surface area contributed by atoms with Gasteiger partial charge in [-0.05, 0) is 44.9 Å². The predicted octanol–water partition coefficient (Wildman–Crippen LogP) is 2.92. The van der Waals surface area contributed by atoms with Gasteiger partial charge in [-0.2, -0.15) is 0 Å². The lowest BCUT2D eigenvalue weighted by Crippen LogP contribution is -2.42. The molecule has 0 aromatic heterocycles. The van der Waals surface area contributed by atoms with Crippen molar-refractivity contribution in [2.45, 2.75) is 57.9 Å². The first-order valence-corrected chi connectivity index (χ1v) is 8.01. The fourth-order valence-electron chi connectivity index (χ4n) is 2.48. The fourth-order valence-corrected chi connectivity index (χ4v) is 2.48. The third-order valence-electron chi connectivity index (χ3n) is 3.81. The van der Waals surface area contributed by atoms with E-state index in [1.807, 2.05) is 0 Å². The van der Waals surface area contributed by atoms with Gasteiger partial charge in [-0.25, -0.2) is 0 Å². The largest absolute Gasteiger partial charge is 0.381 e. The fraction of sp³-hybridized carbons (Fsp3) is 0.933. The summed E-state index contributed by atoms with van der Waals surface area (Å²) in [5, 5.41) is 6.86. The van der Waals surface area contributed by atoms with E-state index in [1.54, 1.807) is 0 Å². The van der Waals surface area contributed by atoms with Crippen LogP contribution in [0.2, 0.25) is 0 Å². The Morgan fingerprint density at radius 2 is 1.95 bits per heavy atom. The second kappa shape index (κ2) is 10.7. The number of rotatable bonds is 8. The summed E-state index contributed by atoms with van der Waals surface area (Å²) in [4.78, 5) is 4.62. The third-order valence-corrected chi connectivity index (χ3v) is 3.81. The Bertz CT molecular complexity index is 276. The van der Waals surface area contributed by atoms with Gasteiger partial charge in [0.15, 0.2) is 5.96 Å². The lowest BCUT2D eigenvalue weighted by molar-refractivity contribution is 0.123. The molecule has 0 amide bonds. The van der Waals surface area contributed by atoms with E-state index in [1.165, 1.54) is 38.5 Å². The molecule has 0 aromatic carbocycles. The molecule has 2 fully saturated rings. The van der Waals surface area contributed by atoms with Crippen molar-refractivity contribution in [2.24, 2.45) is 10.9 Å². The number of nitrogens with zero attached hydrogens (tertiary/aromatic N) is 1. The molecule has 4 nitrogen and oxygen atoms in total. The summed E-state index contributed by atoms with van der Waals surface area (Å²) >= 11 is 0. The van der Waals surface area contributed by atoms with E-state index in [0.717, 1.165) is 44.6 Å². The smallest absolute Gasteiger partial charge is 0.191 e. The first-order chi connectivity index (χ1) is 9.38. The molecule has 118 valence electrons. The number of ether oxygens (including phenoxy) is 1. The van der Waals surface area contributed by atoms with Crippen molar-refractivity contribution in [3.05, 3.63) is 0 Å². The molecule has 2 aliphatic rings. The summed E-state index contributed by atoms with van der Waals surface area (Å²) < 4.78 is 5.62. The highest BCUT2D eigenvalue weighted by molar-refractivity contribution is 14.0. The standard InChI is InChI=1S/C15H29N3O.HI/c1-2-16-15(18-14-6-3-4-7-14)17-10-5-11-19-12-13-8-9-13;/h13-14H,2-12H2,1H3,(H2,16,17,18);1H.